The molecule has 0 radical (unpaired) electrons. The van der Waals surface area contributed by atoms with E-state index in [1.54, 1.807) is 6.08 Å². The lowest BCUT2D eigenvalue weighted by Crippen LogP contribution is -2.32. The fraction of sp³-hybridized carbons (Fsp3) is 0.538. The molecule has 0 bridgehead atoms. The number of Topliss-reactive ketones (excluding diaryl/α,β-unsaturated/α-hetero) is 1. The van der Waals surface area contributed by atoms with Gasteiger partial charge in [-0.15, -0.1) is 0 Å². The van der Waals surface area contributed by atoms with Crippen molar-refractivity contribution >= 4 is 11.8 Å². The minimum absolute atomic E-state index is 0.0219. The van der Waals surface area contributed by atoms with Crippen LogP contribution in [0.1, 0.15) is 146 Å². The van der Waals surface area contributed by atoms with Crippen molar-refractivity contribution in [2.75, 3.05) is 6.61 Å². The molecule has 0 saturated carbocycles. The van der Waals surface area contributed by atoms with Gasteiger partial charge in [-0.2, -0.15) is 0 Å². The van der Waals surface area contributed by atoms with Gasteiger partial charge in [0.25, 0.3) is 0 Å². The van der Waals surface area contributed by atoms with Crippen LogP contribution in [0.5, 0.6) is 0 Å². The second kappa shape index (κ2) is 25.5. The Bertz CT molecular complexity index is 1660. The van der Waals surface area contributed by atoms with Gasteiger partial charge in [-0.1, -0.05) is 192 Å². The molecule has 3 atom stereocenters. The third-order valence-electron chi connectivity index (χ3n) is 11.2. The number of carbonyl (C=O) groups is 2. The first-order chi connectivity index (χ1) is 26.9. The van der Waals surface area contributed by atoms with E-state index in [0.717, 1.165) is 41.6 Å². The SMILES string of the molecule is CCCCCCCCCC=CC(=O)OCC(=CC=CC(C)=CC=CC=C(C)C=CC=C(C)C=CC1C(C)=CC(O)CC1(C)C)C(=O)CC1=C(C)CC(O)CC1(C)C. The van der Waals surface area contributed by atoms with Crippen molar-refractivity contribution in [3.8, 4) is 0 Å². The van der Waals surface area contributed by atoms with E-state index in [1.807, 2.05) is 56.4 Å². The minimum atomic E-state index is -0.437. The molecule has 0 aromatic rings. The molecular formula is C52H76O5. The average molecular weight is 781 g/mol. The molecule has 0 spiro atoms. The number of aliphatic hydroxyl groups excluding tert-OH is 2. The van der Waals surface area contributed by atoms with E-state index in [4.69, 9.17) is 4.74 Å². The van der Waals surface area contributed by atoms with Crippen molar-refractivity contribution in [2.24, 2.45) is 16.7 Å². The number of allylic oxidation sites excluding steroid dienone is 18. The molecule has 0 aromatic heterocycles. The van der Waals surface area contributed by atoms with Gasteiger partial charge in [0.2, 0.25) is 0 Å². The maximum Gasteiger partial charge on any atom is 0.330 e. The molecule has 2 aliphatic rings. The summed E-state index contributed by atoms with van der Waals surface area (Å²) >= 11 is 0. The molecule has 2 rings (SSSR count). The molecule has 3 unspecified atom stereocenters. The second-order valence-electron chi connectivity index (χ2n) is 17.8. The Morgan fingerprint density at radius 1 is 0.772 bits per heavy atom. The zero-order valence-electron chi connectivity index (χ0n) is 37.2. The Morgan fingerprint density at radius 2 is 1.35 bits per heavy atom. The molecule has 314 valence electrons. The van der Waals surface area contributed by atoms with E-state index in [9.17, 15) is 19.8 Å². The van der Waals surface area contributed by atoms with Crippen LogP contribution >= 0.6 is 0 Å². The van der Waals surface area contributed by atoms with Gasteiger partial charge in [-0.25, -0.2) is 4.79 Å². The predicted molar refractivity (Wildman–Crippen MR) is 242 cm³/mol. The lowest BCUT2D eigenvalue weighted by molar-refractivity contribution is -0.137. The minimum Gasteiger partial charge on any atom is -0.458 e. The summed E-state index contributed by atoms with van der Waals surface area (Å²) in [5.74, 6) is -0.199. The monoisotopic (exact) mass is 781 g/mol. The number of carbonyl (C=O) groups excluding carboxylic acids is 2. The zero-order valence-corrected chi connectivity index (χ0v) is 37.2. The van der Waals surface area contributed by atoms with Crippen LogP contribution in [0.25, 0.3) is 0 Å². The number of hydrogen-bond acceptors (Lipinski definition) is 5. The smallest absolute Gasteiger partial charge is 0.330 e. The Labute approximate surface area is 347 Å². The average Bonchev–Trinajstić information content (AvgIpc) is 3.11. The predicted octanol–water partition coefficient (Wildman–Crippen LogP) is 13.0. The van der Waals surface area contributed by atoms with Gasteiger partial charge in [0.05, 0.1) is 12.2 Å². The molecule has 0 fully saturated rings. The number of aliphatic hydroxyl groups is 2. The molecular weight excluding hydrogens is 705 g/mol. The fourth-order valence-corrected chi connectivity index (χ4v) is 7.98. The molecule has 0 aromatic carbocycles. The lowest BCUT2D eigenvalue weighted by Gasteiger charge is -2.38. The highest BCUT2D eigenvalue weighted by atomic mass is 16.5. The van der Waals surface area contributed by atoms with Gasteiger partial charge in [-0.3, -0.25) is 4.79 Å². The number of rotatable bonds is 22. The Hall–Kier alpha value is -3.80. The summed E-state index contributed by atoms with van der Waals surface area (Å²) < 4.78 is 5.58. The van der Waals surface area contributed by atoms with Gasteiger partial charge in [0.15, 0.2) is 5.78 Å². The van der Waals surface area contributed by atoms with Crippen molar-refractivity contribution in [3.05, 3.63) is 130 Å². The molecule has 2 N–H and O–H groups in total. The van der Waals surface area contributed by atoms with Crippen LogP contribution in [0, 0.1) is 16.7 Å². The highest BCUT2D eigenvalue weighted by molar-refractivity contribution is 5.98. The zero-order chi connectivity index (χ0) is 42.4. The molecule has 5 nitrogen and oxygen atoms in total. The summed E-state index contributed by atoms with van der Waals surface area (Å²) in [6.45, 7) is 21.0. The van der Waals surface area contributed by atoms with Crippen molar-refractivity contribution in [1.29, 1.82) is 0 Å². The summed E-state index contributed by atoms with van der Waals surface area (Å²) in [4.78, 5) is 26.3. The maximum atomic E-state index is 13.7. The first-order valence-corrected chi connectivity index (χ1v) is 21.5. The van der Waals surface area contributed by atoms with E-state index >= 15 is 0 Å². The van der Waals surface area contributed by atoms with Crippen LogP contribution in [0.15, 0.2) is 130 Å². The molecule has 0 saturated heterocycles. The normalized spacial score (nSPS) is 22.5. The number of ketones is 1. The third-order valence-corrected chi connectivity index (χ3v) is 11.2. The van der Waals surface area contributed by atoms with Gasteiger partial charge < -0.3 is 14.9 Å². The molecule has 0 heterocycles. The summed E-state index contributed by atoms with van der Waals surface area (Å²) in [6, 6.07) is 0. The van der Waals surface area contributed by atoms with E-state index in [0.29, 0.717) is 24.3 Å². The number of ether oxygens (including phenoxy) is 1. The van der Waals surface area contributed by atoms with Crippen molar-refractivity contribution in [2.45, 2.75) is 158 Å². The summed E-state index contributed by atoms with van der Waals surface area (Å²) in [7, 11) is 0. The Kier molecular flexibility index (Phi) is 22.1. The van der Waals surface area contributed by atoms with E-state index < -0.39 is 12.1 Å². The fourth-order valence-electron chi connectivity index (χ4n) is 7.98. The van der Waals surface area contributed by atoms with Crippen LogP contribution in [-0.2, 0) is 14.3 Å². The van der Waals surface area contributed by atoms with Crippen molar-refractivity contribution in [1.82, 2.24) is 0 Å². The third kappa shape index (κ3) is 19.5. The number of esters is 1. The number of hydrogen-bond donors (Lipinski definition) is 2. The van der Waals surface area contributed by atoms with E-state index in [1.165, 1.54) is 55.7 Å². The largest absolute Gasteiger partial charge is 0.458 e. The van der Waals surface area contributed by atoms with Crippen LogP contribution in [0.3, 0.4) is 0 Å². The standard InChI is InChI=1S/C52H76O5/c1-11-12-13-14-15-16-17-18-19-30-50(56)57-38-44(49(55)35-48-43(6)34-46(54)37-52(48,9)10)29-23-28-40(3)25-21-20-24-39(2)26-22-27-41(4)31-32-47-42(5)33-45(53)36-51(47,7)8/h19-33,45-47,53-54H,11-18,34-38H2,1-10H3. The first-order valence-electron chi connectivity index (χ1n) is 21.5. The molecule has 57 heavy (non-hydrogen) atoms. The van der Waals surface area contributed by atoms with Gasteiger partial charge in [-0.05, 0) is 77.6 Å². The molecule has 0 aliphatic heterocycles. The Morgan fingerprint density at radius 3 is 1.96 bits per heavy atom. The van der Waals surface area contributed by atoms with Crippen LogP contribution in [0.4, 0.5) is 0 Å². The summed E-state index contributed by atoms with van der Waals surface area (Å²) in [5, 5.41) is 20.5. The van der Waals surface area contributed by atoms with Crippen LogP contribution in [0.2, 0.25) is 0 Å². The molecule has 0 amide bonds. The highest BCUT2D eigenvalue weighted by Gasteiger charge is 2.35. The Balaban J connectivity index is 2.05. The summed E-state index contributed by atoms with van der Waals surface area (Å²) in [5.41, 5.74) is 6.82. The second-order valence-corrected chi connectivity index (χ2v) is 17.8. The van der Waals surface area contributed by atoms with E-state index in [-0.39, 0.29) is 35.7 Å². The van der Waals surface area contributed by atoms with E-state index in [2.05, 4.69) is 91.8 Å². The van der Waals surface area contributed by atoms with Crippen LogP contribution < -0.4 is 0 Å². The van der Waals surface area contributed by atoms with Gasteiger partial charge >= 0.3 is 5.97 Å². The maximum absolute atomic E-state index is 13.7. The quantitative estimate of drug-likeness (QED) is 0.0376. The van der Waals surface area contributed by atoms with Gasteiger partial charge in [0, 0.05) is 24.0 Å². The van der Waals surface area contributed by atoms with Crippen LogP contribution in [-0.4, -0.2) is 40.8 Å². The van der Waals surface area contributed by atoms with Crippen molar-refractivity contribution < 1.29 is 24.5 Å². The van der Waals surface area contributed by atoms with Gasteiger partial charge in [0.1, 0.15) is 6.61 Å². The number of unbranched alkanes of at least 4 members (excludes halogenated alkanes) is 7. The lowest BCUT2D eigenvalue weighted by atomic mass is 9.67. The summed E-state index contributed by atoms with van der Waals surface area (Å²) in [6.07, 6.45) is 40.5. The molecule has 2 aliphatic carbocycles. The topological polar surface area (TPSA) is 83.8 Å². The highest BCUT2D eigenvalue weighted by Crippen LogP contribution is 2.43. The molecule has 5 heteroatoms. The first kappa shape index (κ1) is 49.3. The van der Waals surface area contributed by atoms with Crippen molar-refractivity contribution in [3.63, 3.8) is 0 Å².